The normalized spacial score (nSPS) is 18.2. The summed E-state index contributed by atoms with van der Waals surface area (Å²) in [6.07, 6.45) is 2.97. The minimum atomic E-state index is 0.129. The van der Waals surface area contributed by atoms with Gasteiger partial charge in [-0.25, -0.2) is 0 Å². The van der Waals surface area contributed by atoms with Crippen molar-refractivity contribution >= 4 is 17.6 Å². The highest BCUT2D eigenvalue weighted by Crippen LogP contribution is 2.45. The molecule has 1 aliphatic heterocycles. The minimum absolute atomic E-state index is 0.129. The van der Waals surface area contributed by atoms with E-state index in [-0.39, 0.29) is 5.54 Å². The number of benzene rings is 2. The maximum atomic E-state index is 8.91. The second kappa shape index (κ2) is 7.44. The first-order valence-electron chi connectivity index (χ1n) is 9.43. The van der Waals surface area contributed by atoms with Crippen LogP contribution in [0, 0.1) is 11.3 Å². The van der Waals surface area contributed by atoms with Crippen molar-refractivity contribution in [1.29, 1.82) is 5.26 Å². The van der Waals surface area contributed by atoms with Gasteiger partial charge in [0.25, 0.3) is 0 Å². The molecule has 3 rings (SSSR count). The van der Waals surface area contributed by atoms with Crippen LogP contribution in [-0.4, -0.2) is 25.4 Å². The average Bonchev–Trinajstić information content (AvgIpc) is 2.66. The number of aliphatic imine (C=N–C) groups is 1. The molecular formula is C23H27N3O. The number of hydrogen-bond acceptors (Lipinski definition) is 4. The van der Waals surface area contributed by atoms with Gasteiger partial charge in [0.1, 0.15) is 5.75 Å². The van der Waals surface area contributed by atoms with Crippen molar-refractivity contribution in [3.05, 3.63) is 53.1 Å². The highest BCUT2D eigenvalue weighted by atomic mass is 16.5. The van der Waals surface area contributed by atoms with E-state index < -0.39 is 0 Å². The van der Waals surface area contributed by atoms with Crippen LogP contribution in [0.15, 0.2) is 41.4 Å². The molecule has 1 atom stereocenters. The van der Waals surface area contributed by atoms with Crippen LogP contribution in [0.2, 0.25) is 0 Å². The number of hydrogen-bond donors (Lipinski definition) is 0. The van der Waals surface area contributed by atoms with Gasteiger partial charge >= 0.3 is 0 Å². The molecule has 27 heavy (non-hydrogen) atoms. The number of nitrogens with zero attached hydrogens (tertiary/aromatic N) is 3. The van der Waals surface area contributed by atoms with Gasteiger partial charge in [0.05, 0.1) is 24.4 Å². The lowest BCUT2D eigenvalue weighted by Gasteiger charge is -2.47. The van der Waals surface area contributed by atoms with E-state index in [0.717, 1.165) is 30.0 Å². The predicted molar refractivity (Wildman–Crippen MR) is 112 cm³/mol. The van der Waals surface area contributed by atoms with Crippen molar-refractivity contribution in [2.45, 2.75) is 45.6 Å². The van der Waals surface area contributed by atoms with E-state index in [2.05, 4.69) is 55.8 Å². The molecule has 0 saturated carbocycles. The Kier molecular flexibility index (Phi) is 5.23. The third-order valence-electron chi connectivity index (χ3n) is 5.40. The molecule has 1 aliphatic rings. The summed E-state index contributed by atoms with van der Waals surface area (Å²) in [7, 11) is 1.70. The number of nitriles is 1. The lowest BCUT2D eigenvalue weighted by atomic mass is 9.79. The van der Waals surface area contributed by atoms with Gasteiger partial charge in [-0.1, -0.05) is 6.92 Å². The Balaban J connectivity index is 2.01. The Morgan fingerprint density at radius 3 is 2.59 bits per heavy atom. The van der Waals surface area contributed by atoms with E-state index in [9.17, 15) is 0 Å². The third-order valence-corrected chi connectivity index (χ3v) is 5.40. The first kappa shape index (κ1) is 19.0. The van der Waals surface area contributed by atoms with E-state index >= 15 is 0 Å². The SMILES string of the molecule is CCN1c2cc(OC)c(C=Nc3ccc(C#N)cc3)cc2C(C)CC1(C)C. The minimum Gasteiger partial charge on any atom is -0.496 e. The third kappa shape index (κ3) is 3.68. The second-order valence-corrected chi connectivity index (χ2v) is 7.73. The molecule has 1 heterocycles. The van der Waals surface area contributed by atoms with Gasteiger partial charge in [0, 0.05) is 35.6 Å². The summed E-state index contributed by atoms with van der Waals surface area (Å²) in [6.45, 7) is 10.1. The Labute approximate surface area is 162 Å². The molecule has 140 valence electrons. The first-order valence-corrected chi connectivity index (χ1v) is 9.43. The summed E-state index contributed by atoms with van der Waals surface area (Å²) in [4.78, 5) is 7.04. The molecule has 0 saturated heterocycles. The highest BCUT2D eigenvalue weighted by molar-refractivity contribution is 5.87. The van der Waals surface area contributed by atoms with Crippen LogP contribution in [0.25, 0.3) is 0 Å². The monoisotopic (exact) mass is 361 g/mol. The summed E-state index contributed by atoms with van der Waals surface area (Å²) < 4.78 is 5.67. The fraction of sp³-hybridized carbons (Fsp3) is 0.391. The zero-order valence-corrected chi connectivity index (χ0v) is 16.8. The summed E-state index contributed by atoms with van der Waals surface area (Å²) in [5, 5.41) is 8.91. The quantitative estimate of drug-likeness (QED) is 0.682. The molecule has 0 aliphatic carbocycles. The Morgan fingerprint density at radius 2 is 2.00 bits per heavy atom. The molecule has 0 N–H and O–H groups in total. The molecule has 2 aromatic rings. The number of fused-ring (bicyclic) bond motifs is 1. The van der Waals surface area contributed by atoms with Crippen LogP contribution in [0.3, 0.4) is 0 Å². The topological polar surface area (TPSA) is 48.6 Å². The van der Waals surface area contributed by atoms with Crippen LogP contribution in [0.4, 0.5) is 11.4 Å². The molecule has 4 nitrogen and oxygen atoms in total. The smallest absolute Gasteiger partial charge is 0.129 e. The Morgan fingerprint density at radius 1 is 1.30 bits per heavy atom. The van der Waals surface area contributed by atoms with Crippen molar-refractivity contribution in [3.8, 4) is 11.8 Å². The molecule has 0 bridgehead atoms. The van der Waals surface area contributed by atoms with Crippen LogP contribution < -0.4 is 9.64 Å². The van der Waals surface area contributed by atoms with Crippen molar-refractivity contribution in [1.82, 2.24) is 0 Å². The lowest BCUT2D eigenvalue weighted by molar-refractivity contribution is 0.377. The average molecular weight is 361 g/mol. The van der Waals surface area contributed by atoms with Gasteiger partial charge in [-0.3, -0.25) is 4.99 Å². The number of rotatable bonds is 4. The molecule has 0 spiro atoms. The standard InChI is InChI=1S/C23H27N3O/c1-6-26-21-12-22(27-5)18(11-20(21)16(2)13-23(26,3)4)15-25-19-9-7-17(14-24)8-10-19/h7-12,15-16H,6,13H2,1-5H3. The zero-order chi connectivity index (χ0) is 19.6. The fourth-order valence-corrected chi connectivity index (χ4v) is 4.17. The van der Waals surface area contributed by atoms with Crippen LogP contribution in [-0.2, 0) is 0 Å². The van der Waals surface area contributed by atoms with Gasteiger partial charge in [-0.05, 0) is 69.0 Å². The molecule has 0 radical (unpaired) electrons. The maximum absolute atomic E-state index is 8.91. The van der Waals surface area contributed by atoms with Gasteiger partial charge in [-0.2, -0.15) is 5.26 Å². The summed E-state index contributed by atoms with van der Waals surface area (Å²) in [6, 6.07) is 13.7. The number of methoxy groups -OCH3 is 1. The van der Waals surface area contributed by atoms with E-state index in [1.54, 1.807) is 19.2 Å². The van der Waals surface area contributed by atoms with Crippen LogP contribution in [0.1, 0.15) is 56.7 Å². The maximum Gasteiger partial charge on any atom is 0.129 e. The van der Waals surface area contributed by atoms with Crippen molar-refractivity contribution < 1.29 is 4.74 Å². The molecule has 0 fully saturated rings. The van der Waals surface area contributed by atoms with Gasteiger partial charge in [0.2, 0.25) is 0 Å². The summed E-state index contributed by atoms with van der Waals surface area (Å²) in [5.74, 6) is 1.31. The van der Waals surface area contributed by atoms with Gasteiger partial charge < -0.3 is 9.64 Å². The van der Waals surface area contributed by atoms with Crippen molar-refractivity contribution in [2.75, 3.05) is 18.6 Å². The molecule has 0 amide bonds. The zero-order valence-electron chi connectivity index (χ0n) is 16.8. The highest BCUT2D eigenvalue weighted by Gasteiger charge is 2.36. The summed E-state index contributed by atoms with van der Waals surface area (Å²) in [5.41, 5.74) is 5.16. The van der Waals surface area contributed by atoms with E-state index in [4.69, 9.17) is 10.00 Å². The van der Waals surface area contributed by atoms with Crippen LogP contribution >= 0.6 is 0 Å². The molecule has 0 aromatic heterocycles. The van der Waals surface area contributed by atoms with Gasteiger partial charge in [0.15, 0.2) is 0 Å². The Bertz CT molecular complexity index is 891. The molecule has 2 aromatic carbocycles. The molecular weight excluding hydrogens is 334 g/mol. The lowest BCUT2D eigenvalue weighted by Crippen LogP contribution is -2.48. The fourth-order valence-electron chi connectivity index (χ4n) is 4.17. The number of anilines is 1. The predicted octanol–water partition coefficient (Wildman–Crippen LogP) is 5.43. The van der Waals surface area contributed by atoms with E-state index in [0.29, 0.717) is 11.5 Å². The Hall–Kier alpha value is -2.80. The van der Waals surface area contributed by atoms with Crippen LogP contribution in [0.5, 0.6) is 5.75 Å². The molecule has 4 heteroatoms. The largest absolute Gasteiger partial charge is 0.496 e. The van der Waals surface area contributed by atoms with Gasteiger partial charge in [-0.15, -0.1) is 0 Å². The number of ether oxygens (including phenoxy) is 1. The van der Waals surface area contributed by atoms with Crippen molar-refractivity contribution in [2.24, 2.45) is 4.99 Å². The summed E-state index contributed by atoms with van der Waals surface area (Å²) >= 11 is 0. The van der Waals surface area contributed by atoms with Crippen molar-refractivity contribution in [3.63, 3.8) is 0 Å². The molecule has 1 unspecified atom stereocenters. The first-order chi connectivity index (χ1) is 12.9. The van der Waals surface area contributed by atoms with E-state index in [1.165, 1.54) is 11.3 Å². The van der Waals surface area contributed by atoms with E-state index in [1.807, 2.05) is 18.3 Å². The second-order valence-electron chi connectivity index (χ2n) is 7.73.